The van der Waals surface area contributed by atoms with Crippen LogP contribution in [0.2, 0.25) is 0 Å². The summed E-state index contributed by atoms with van der Waals surface area (Å²) < 4.78 is 11.1. The van der Waals surface area contributed by atoms with Gasteiger partial charge < -0.3 is 9.47 Å². The van der Waals surface area contributed by atoms with Gasteiger partial charge in [-0.3, -0.25) is 9.59 Å². The van der Waals surface area contributed by atoms with Gasteiger partial charge in [0.25, 0.3) is 0 Å². The number of fused-ring (bicyclic) bond motifs is 1. The number of hydrogen-bond acceptors (Lipinski definition) is 4. The van der Waals surface area contributed by atoms with Crippen molar-refractivity contribution in [1.82, 2.24) is 0 Å². The summed E-state index contributed by atoms with van der Waals surface area (Å²) in [6.07, 6.45) is 5.18. The zero-order chi connectivity index (χ0) is 15.7. The molecule has 22 heavy (non-hydrogen) atoms. The van der Waals surface area contributed by atoms with E-state index >= 15 is 0 Å². The molecule has 0 unspecified atom stereocenters. The summed E-state index contributed by atoms with van der Waals surface area (Å²) in [6.45, 7) is 3.67. The molecule has 1 aromatic rings. The Bertz CT molecular complexity index is 647. The lowest BCUT2D eigenvalue weighted by atomic mass is 9.89. The highest BCUT2D eigenvalue weighted by atomic mass is 16.5. The molecule has 0 aromatic heterocycles. The number of benzene rings is 1. The van der Waals surface area contributed by atoms with Gasteiger partial charge in [0.2, 0.25) is 5.78 Å². The number of allylic oxidation sites excluding steroid dienone is 2. The second-order valence-corrected chi connectivity index (χ2v) is 6.17. The average Bonchev–Trinajstić information content (AvgIpc) is 2.85. The third-order valence-electron chi connectivity index (χ3n) is 4.23. The Morgan fingerprint density at radius 1 is 1.18 bits per heavy atom. The quantitative estimate of drug-likeness (QED) is 0.470. The lowest BCUT2D eigenvalue weighted by Crippen LogP contribution is -2.22. The fourth-order valence-electron chi connectivity index (χ4n) is 2.98. The third-order valence-corrected chi connectivity index (χ3v) is 4.23. The molecule has 0 spiro atoms. The van der Waals surface area contributed by atoms with Crippen LogP contribution < -0.4 is 9.47 Å². The maximum absolute atomic E-state index is 12.2. The second kappa shape index (κ2) is 5.95. The van der Waals surface area contributed by atoms with Crippen molar-refractivity contribution in [2.45, 2.75) is 46.0 Å². The summed E-state index contributed by atoms with van der Waals surface area (Å²) in [5.74, 6) is 0.988. The Balaban J connectivity index is 1.75. The van der Waals surface area contributed by atoms with Crippen LogP contribution in [-0.4, -0.2) is 11.8 Å². The van der Waals surface area contributed by atoms with Crippen LogP contribution in [0.1, 0.15) is 56.3 Å². The highest BCUT2D eigenvalue weighted by Crippen LogP contribution is 2.35. The van der Waals surface area contributed by atoms with Crippen molar-refractivity contribution in [2.24, 2.45) is 5.92 Å². The zero-order valence-electron chi connectivity index (χ0n) is 13.0. The van der Waals surface area contributed by atoms with E-state index in [4.69, 9.17) is 9.47 Å². The lowest BCUT2D eigenvalue weighted by molar-refractivity contribution is -0.139. The molecule has 116 valence electrons. The summed E-state index contributed by atoms with van der Waals surface area (Å²) >= 11 is 0. The van der Waals surface area contributed by atoms with Crippen LogP contribution in [0, 0.1) is 5.92 Å². The molecule has 0 amide bonds. The first-order valence-corrected chi connectivity index (χ1v) is 7.82. The molecule has 1 heterocycles. The van der Waals surface area contributed by atoms with Crippen LogP contribution in [-0.2, 0) is 4.79 Å². The van der Waals surface area contributed by atoms with Crippen molar-refractivity contribution in [1.29, 1.82) is 0 Å². The SMILES string of the molecule is CC(C)=C1Oc2cc(OC(=O)C3CCCCC3)ccc2C1=O. The Kier molecular flexibility index (Phi) is 4.01. The van der Waals surface area contributed by atoms with Crippen molar-refractivity contribution in [2.75, 3.05) is 0 Å². The zero-order valence-corrected chi connectivity index (χ0v) is 13.0. The molecule has 1 aliphatic carbocycles. The van der Waals surface area contributed by atoms with Gasteiger partial charge in [-0.2, -0.15) is 0 Å². The van der Waals surface area contributed by atoms with E-state index in [1.165, 1.54) is 6.42 Å². The van der Waals surface area contributed by atoms with Gasteiger partial charge in [0.1, 0.15) is 11.5 Å². The van der Waals surface area contributed by atoms with Crippen molar-refractivity contribution in [3.8, 4) is 11.5 Å². The van der Waals surface area contributed by atoms with E-state index in [0.717, 1.165) is 31.3 Å². The molecule has 3 rings (SSSR count). The maximum atomic E-state index is 12.2. The van der Waals surface area contributed by atoms with E-state index < -0.39 is 0 Å². The molecule has 1 aromatic carbocycles. The molecule has 0 N–H and O–H groups in total. The standard InChI is InChI=1S/C18H20O4/c1-11(2)17-16(19)14-9-8-13(10-15(14)22-17)21-18(20)12-6-4-3-5-7-12/h8-10,12H,3-7H2,1-2H3. The first-order chi connectivity index (χ1) is 10.6. The molecule has 0 bridgehead atoms. The predicted molar refractivity (Wildman–Crippen MR) is 82.0 cm³/mol. The minimum absolute atomic E-state index is 0.00195. The first-order valence-electron chi connectivity index (χ1n) is 7.82. The normalized spacial score (nSPS) is 17.9. The Morgan fingerprint density at radius 2 is 1.91 bits per heavy atom. The van der Waals surface area contributed by atoms with Gasteiger partial charge in [0, 0.05) is 6.07 Å². The van der Waals surface area contributed by atoms with E-state index in [9.17, 15) is 9.59 Å². The van der Waals surface area contributed by atoms with E-state index in [1.807, 2.05) is 13.8 Å². The summed E-state index contributed by atoms with van der Waals surface area (Å²) in [4.78, 5) is 24.3. The van der Waals surface area contributed by atoms with E-state index in [2.05, 4.69) is 0 Å². The van der Waals surface area contributed by atoms with E-state index in [0.29, 0.717) is 22.8 Å². The molecule has 1 aliphatic heterocycles. The number of Topliss-reactive ketones (excluding diaryl/α,β-unsaturated/α-hetero) is 1. The highest BCUT2D eigenvalue weighted by molar-refractivity contribution is 6.12. The number of rotatable bonds is 2. The van der Waals surface area contributed by atoms with Crippen molar-refractivity contribution >= 4 is 11.8 Å². The Hall–Kier alpha value is -2.10. The average molecular weight is 300 g/mol. The molecule has 0 radical (unpaired) electrons. The fourth-order valence-corrected chi connectivity index (χ4v) is 2.98. The molecule has 2 aliphatic rings. The van der Waals surface area contributed by atoms with Gasteiger partial charge in [-0.25, -0.2) is 0 Å². The number of hydrogen-bond donors (Lipinski definition) is 0. The van der Waals surface area contributed by atoms with Crippen LogP contribution in [0.5, 0.6) is 11.5 Å². The number of carbonyl (C=O) groups is 2. The highest BCUT2D eigenvalue weighted by Gasteiger charge is 2.29. The molecule has 4 nitrogen and oxygen atoms in total. The van der Waals surface area contributed by atoms with Crippen LogP contribution in [0.25, 0.3) is 0 Å². The van der Waals surface area contributed by atoms with E-state index in [1.54, 1.807) is 18.2 Å². The number of esters is 1. The molecule has 1 saturated carbocycles. The largest absolute Gasteiger partial charge is 0.452 e. The van der Waals surface area contributed by atoms with Crippen LogP contribution in [0.15, 0.2) is 29.5 Å². The Morgan fingerprint density at radius 3 is 2.59 bits per heavy atom. The molecule has 0 atom stereocenters. The molecule has 0 saturated heterocycles. The van der Waals surface area contributed by atoms with Crippen molar-refractivity contribution in [3.63, 3.8) is 0 Å². The predicted octanol–water partition coefficient (Wildman–Crippen LogP) is 4.04. The van der Waals surface area contributed by atoms with Crippen LogP contribution >= 0.6 is 0 Å². The van der Waals surface area contributed by atoms with Gasteiger partial charge >= 0.3 is 5.97 Å². The van der Waals surface area contributed by atoms with E-state index in [-0.39, 0.29) is 17.7 Å². The molecule has 4 heteroatoms. The summed E-state index contributed by atoms with van der Waals surface area (Å²) in [5.41, 5.74) is 1.36. The minimum Gasteiger partial charge on any atom is -0.452 e. The maximum Gasteiger partial charge on any atom is 0.314 e. The van der Waals surface area contributed by atoms with Gasteiger partial charge in [-0.1, -0.05) is 19.3 Å². The number of ether oxygens (including phenoxy) is 2. The smallest absolute Gasteiger partial charge is 0.314 e. The van der Waals surface area contributed by atoms with Crippen LogP contribution in [0.3, 0.4) is 0 Å². The fraction of sp³-hybridized carbons (Fsp3) is 0.444. The van der Waals surface area contributed by atoms with Crippen molar-refractivity contribution in [3.05, 3.63) is 35.1 Å². The topological polar surface area (TPSA) is 52.6 Å². The summed E-state index contributed by atoms with van der Waals surface area (Å²) in [6, 6.07) is 4.95. The van der Waals surface area contributed by atoms with Crippen LogP contribution in [0.4, 0.5) is 0 Å². The van der Waals surface area contributed by atoms with Gasteiger partial charge in [0.05, 0.1) is 11.5 Å². The number of carbonyl (C=O) groups excluding carboxylic acids is 2. The molecular weight excluding hydrogens is 280 g/mol. The number of ketones is 1. The van der Waals surface area contributed by atoms with Gasteiger partial charge in [-0.05, 0) is 44.4 Å². The third kappa shape index (κ3) is 2.78. The second-order valence-electron chi connectivity index (χ2n) is 6.17. The lowest BCUT2D eigenvalue weighted by Gasteiger charge is -2.19. The van der Waals surface area contributed by atoms with Crippen molar-refractivity contribution < 1.29 is 19.1 Å². The molecular formula is C18H20O4. The Labute approximate surface area is 130 Å². The summed E-state index contributed by atoms with van der Waals surface area (Å²) in [5, 5.41) is 0. The first kappa shape index (κ1) is 14.8. The minimum atomic E-state index is -0.175. The monoisotopic (exact) mass is 300 g/mol. The molecule has 1 fully saturated rings. The summed E-state index contributed by atoms with van der Waals surface area (Å²) in [7, 11) is 0. The van der Waals surface area contributed by atoms with Gasteiger partial charge in [0.15, 0.2) is 5.76 Å². The van der Waals surface area contributed by atoms with Gasteiger partial charge in [-0.15, -0.1) is 0 Å².